The molecule has 1 aromatic carbocycles. The van der Waals surface area contributed by atoms with E-state index >= 15 is 0 Å². The topological polar surface area (TPSA) is 0 Å². The van der Waals surface area contributed by atoms with Crippen molar-refractivity contribution in [3.8, 4) is 0 Å². The molecule has 0 spiro atoms. The number of benzene rings is 1. The summed E-state index contributed by atoms with van der Waals surface area (Å²) in [6, 6.07) is 11.1. The monoisotopic (exact) mass is 271 g/mol. The molecular formula is C18H27Si. The van der Waals surface area contributed by atoms with Crippen LogP contribution in [0.3, 0.4) is 0 Å². The highest BCUT2D eigenvalue weighted by Gasteiger charge is 2.21. The van der Waals surface area contributed by atoms with Gasteiger partial charge in [0.15, 0.2) is 0 Å². The minimum absolute atomic E-state index is 0.704. The molecule has 0 atom stereocenters. The van der Waals surface area contributed by atoms with E-state index in [2.05, 4.69) is 70.2 Å². The average Bonchev–Trinajstić information content (AvgIpc) is 2.46. The van der Waals surface area contributed by atoms with Crippen LogP contribution < -0.4 is 5.19 Å². The first kappa shape index (κ1) is 16.0. The third kappa shape index (κ3) is 4.50. The zero-order valence-corrected chi connectivity index (χ0v) is 13.9. The highest BCUT2D eigenvalue weighted by Crippen LogP contribution is 2.18. The lowest BCUT2D eigenvalue weighted by molar-refractivity contribution is 1.10. The summed E-state index contributed by atoms with van der Waals surface area (Å²) < 4.78 is 0. The summed E-state index contributed by atoms with van der Waals surface area (Å²) in [4.78, 5) is 0. The van der Waals surface area contributed by atoms with Crippen LogP contribution in [0.25, 0.3) is 0 Å². The maximum absolute atomic E-state index is 2.46. The van der Waals surface area contributed by atoms with Gasteiger partial charge in [0.25, 0.3) is 0 Å². The van der Waals surface area contributed by atoms with Gasteiger partial charge in [-0.2, -0.15) is 0 Å². The number of hydrogen-bond donors (Lipinski definition) is 0. The Balaban J connectivity index is 3.25. The average molecular weight is 272 g/mol. The van der Waals surface area contributed by atoms with E-state index in [-0.39, 0.29) is 0 Å². The molecule has 0 nitrogen and oxygen atoms in total. The van der Waals surface area contributed by atoms with Gasteiger partial charge in [-0.05, 0) is 25.7 Å². The summed E-state index contributed by atoms with van der Waals surface area (Å²) in [6.07, 6.45) is 9.57. The largest absolute Gasteiger partial charge is 0.145 e. The number of allylic oxidation sites excluding steroid dienone is 4. The molecule has 19 heavy (non-hydrogen) atoms. The fourth-order valence-corrected chi connectivity index (χ4v) is 5.72. The van der Waals surface area contributed by atoms with Crippen molar-refractivity contribution in [2.75, 3.05) is 0 Å². The summed E-state index contributed by atoms with van der Waals surface area (Å²) in [5, 5.41) is 4.87. The van der Waals surface area contributed by atoms with Crippen LogP contribution in [0.4, 0.5) is 0 Å². The smallest absolute Gasteiger partial charge is 0.0890 e. The lowest BCUT2D eigenvalue weighted by Crippen LogP contribution is -2.35. The number of rotatable bonds is 7. The molecule has 0 aliphatic heterocycles. The standard InChI is InChI=1S/C18H27Si/c1-5-12-16(7-3)19(17(8-4)13-6-2)18-14-10-9-11-15-18/h9-15H,5-8H2,1-4H3/b16-12+,17-13+. The second kappa shape index (κ2) is 8.92. The van der Waals surface area contributed by atoms with Crippen LogP contribution in [0.15, 0.2) is 52.9 Å². The molecule has 1 radical (unpaired) electrons. The molecule has 103 valence electrons. The fourth-order valence-electron chi connectivity index (χ4n) is 2.52. The normalized spacial score (nSPS) is 13.1. The van der Waals surface area contributed by atoms with Crippen LogP contribution in [0.1, 0.15) is 53.4 Å². The van der Waals surface area contributed by atoms with E-state index in [1.54, 1.807) is 10.4 Å². The summed E-state index contributed by atoms with van der Waals surface area (Å²) in [5.74, 6) is 0. The Kier molecular flexibility index (Phi) is 7.50. The van der Waals surface area contributed by atoms with Crippen LogP contribution in [0.5, 0.6) is 0 Å². The summed E-state index contributed by atoms with van der Waals surface area (Å²) in [6.45, 7) is 9.09. The van der Waals surface area contributed by atoms with Crippen LogP contribution >= 0.6 is 0 Å². The molecule has 0 aromatic heterocycles. The molecule has 0 N–H and O–H groups in total. The molecule has 0 fully saturated rings. The van der Waals surface area contributed by atoms with E-state index in [1.807, 2.05) is 0 Å². The predicted octanol–water partition coefficient (Wildman–Crippen LogP) is 4.96. The van der Waals surface area contributed by atoms with Crippen molar-refractivity contribution >= 4 is 14.0 Å². The van der Waals surface area contributed by atoms with E-state index in [1.165, 1.54) is 18.0 Å². The van der Waals surface area contributed by atoms with Crippen molar-refractivity contribution in [2.24, 2.45) is 0 Å². The molecule has 0 aliphatic carbocycles. The van der Waals surface area contributed by atoms with Crippen molar-refractivity contribution in [1.29, 1.82) is 0 Å². The molecule has 0 aliphatic rings. The van der Waals surface area contributed by atoms with Gasteiger partial charge in [-0.25, -0.2) is 0 Å². The molecule has 1 aromatic rings. The first-order valence-corrected chi connectivity index (χ1v) is 9.09. The highest BCUT2D eigenvalue weighted by atomic mass is 28.3. The van der Waals surface area contributed by atoms with E-state index < -0.39 is 8.80 Å². The molecule has 0 saturated heterocycles. The summed E-state index contributed by atoms with van der Waals surface area (Å²) in [5.41, 5.74) is 0. The first-order chi connectivity index (χ1) is 9.28. The van der Waals surface area contributed by atoms with Gasteiger partial charge in [0.1, 0.15) is 8.80 Å². The fraction of sp³-hybridized carbons (Fsp3) is 0.444. The predicted molar refractivity (Wildman–Crippen MR) is 89.2 cm³/mol. The van der Waals surface area contributed by atoms with Gasteiger partial charge in [0, 0.05) is 0 Å². The Labute approximate surface area is 120 Å². The minimum Gasteiger partial charge on any atom is -0.0890 e. The Morgan fingerprint density at radius 1 is 0.842 bits per heavy atom. The van der Waals surface area contributed by atoms with Gasteiger partial charge >= 0.3 is 0 Å². The van der Waals surface area contributed by atoms with Crippen molar-refractivity contribution in [1.82, 2.24) is 0 Å². The Morgan fingerprint density at radius 2 is 1.32 bits per heavy atom. The molecule has 0 heterocycles. The SMILES string of the molecule is CC/C=C(\CC)[Si](/C(=C/CC)CC)c1ccccc1. The van der Waals surface area contributed by atoms with E-state index in [4.69, 9.17) is 0 Å². The van der Waals surface area contributed by atoms with Gasteiger partial charge in [0.2, 0.25) is 0 Å². The third-order valence-electron chi connectivity index (χ3n) is 3.37. The van der Waals surface area contributed by atoms with E-state index in [0.717, 1.165) is 12.8 Å². The van der Waals surface area contributed by atoms with Crippen molar-refractivity contribution < 1.29 is 0 Å². The van der Waals surface area contributed by atoms with Gasteiger partial charge in [-0.15, -0.1) is 0 Å². The molecule has 0 bridgehead atoms. The first-order valence-electron chi connectivity index (χ1n) is 7.59. The minimum atomic E-state index is -0.704. The zero-order chi connectivity index (χ0) is 14.1. The van der Waals surface area contributed by atoms with Crippen molar-refractivity contribution in [2.45, 2.75) is 53.4 Å². The molecule has 0 unspecified atom stereocenters. The lowest BCUT2D eigenvalue weighted by atomic mass is 10.3. The van der Waals surface area contributed by atoms with Crippen LogP contribution in [-0.4, -0.2) is 8.80 Å². The third-order valence-corrected chi connectivity index (χ3v) is 6.68. The van der Waals surface area contributed by atoms with E-state index in [0.29, 0.717) is 0 Å². The van der Waals surface area contributed by atoms with Crippen molar-refractivity contribution in [3.05, 3.63) is 52.9 Å². The summed E-state index contributed by atoms with van der Waals surface area (Å²) in [7, 11) is -0.704. The molecule has 1 rings (SSSR count). The molecule has 0 amide bonds. The van der Waals surface area contributed by atoms with Crippen LogP contribution in [0, 0.1) is 0 Å². The van der Waals surface area contributed by atoms with E-state index in [9.17, 15) is 0 Å². The van der Waals surface area contributed by atoms with Gasteiger partial charge in [-0.1, -0.05) is 85.8 Å². The molecule has 1 heteroatoms. The van der Waals surface area contributed by atoms with Crippen LogP contribution in [-0.2, 0) is 0 Å². The second-order valence-corrected chi connectivity index (χ2v) is 7.34. The highest BCUT2D eigenvalue weighted by molar-refractivity contribution is 6.85. The maximum Gasteiger partial charge on any atom is 0.145 e. The molecule has 0 saturated carbocycles. The lowest BCUT2D eigenvalue weighted by Gasteiger charge is -2.21. The number of hydrogen-bond acceptors (Lipinski definition) is 0. The second-order valence-electron chi connectivity index (χ2n) is 4.72. The quantitative estimate of drug-likeness (QED) is 0.615. The Hall–Kier alpha value is -1.08. The molecular weight excluding hydrogens is 244 g/mol. The summed E-state index contributed by atoms with van der Waals surface area (Å²) >= 11 is 0. The maximum atomic E-state index is 2.46. The van der Waals surface area contributed by atoms with Gasteiger partial charge in [0.05, 0.1) is 0 Å². The van der Waals surface area contributed by atoms with Crippen LogP contribution in [0.2, 0.25) is 0 Å². The van der Waals surface area contributed by atoms with Crippen molar-refractivity contribution in [3.63, 3.8) is 0 Å². The Morgan fingerprint density at radius 3 is 1.68 bits per heavy atom. The Bertz CT molecular complexity index is 393. The van der Waals surface area contributed by atoms with Gasteiger partial charge in [-0.3, -0.25) is 0 Å². The zero-order valence-electron chi connectivity index (χ0n) is 12.9. The van der Waals surface area contributed by atoms with Gasteiger partial charge < -0.3 is 0 Å².